The molecule has 2 heterocycles. The van der Waals surface area contributed by atoms with E-state index in [2.05, 4.69) is 28.5 Å². The Kier molecular flexibility index (Phi) is 6.29. The molecule has 5 heteroatoms. The first kappa shape index (κ1) is 20.4. The average molecular weight is 405 g/mol. The van der Waals surface area contributed by atoms with Crippen LogP contribution in [0.25, 0.3) is 10.9 Å². The SMILES string of the molecule is COc1cc(CCC(=O)NC2COCC2Cc2ccnc3ccccc23)ccc1C. The highest BCUT2D eigenvalue weighted by Gasteiger charge is 2.30. The van der Waals surface area contributed by atoms with Crippen molar-refractivity contribution in [2.24, 2.45) is 5.92 Å². The summed E-state index contributed by atoms with van der Waals surface area (Å²) < 4.78 is 11.1. The fraction of sp³-hybridized carbons (Fsp3) is 0.360. The maximum absolute atomic E-state index is 12.6. The molecule has 1 aromatic heterocycles. The van der Waals surface area contributed by atoms with E-state index in [-0.39, 0.29) is 17.9 Å². The number of hydrogen-bond acceptors (Lipinski definition) is 4. The fourth-order valence-electron chi connectivity index (χ4n) is 4.13. The lowest BCUT2D eigenvalue weighted by Gasteiger charge is -2.20. The summed E-state index contributed by atoms with van der Waals surface area (Å²) in [7, 11) is 1.67. The van der Waals surface area contributed by atoms with E-state index < -0.39 is 0 Å². The molecule has 5 nitrogen and oxygen atoms in total. The highest BCUT2D eigenvalue weighted by Crippen LogP contribution is 2.24. The summed E-state index contributed by atoms with van der Waals surface area (Å²) in [6, 6.07) is 16.4. The highest BCUT2D eigenvalue weighted by molar-refractivity contribution is 5.82. The maximum Gasteiger partial charge on any atom is 0.220 e. The predicted molar refractivity (Wildman–Crippen MR) is 118 cm³/mol. The average Bonchev–Trinajstić information content (AvgIpc) is 3.20. The molecule has 4 rings (SSSR count). The molecule has 2 unspecified atom stereocenters. The van der Waals surface area contributed by atoms with Gasteiger partial charge in [0.25, 0.3) is 0 Å². The van der Waals surface area contributed by atoms with E-state index >= 15 is 0 Å². The Labute approximate surface area is 177 Å². The summed E-state index contributed by atoms with van der Waals surface area (Å²) in [6.07, 6.45) is 3.86. The molecule has 2 atom stereocenters. The van der Waals surface area contributed by atoms with Crippen LogP contribution in [0.3, 0.4) is 0 Å². The smallest absolute Gasteiger partial charge is 0.220 e. The summed E-state index contributed by atoms with van der Waals surface area (Å²) in [5.41, 5.74) is 4.46. The number of carbonyl (C=O) groups is 1. The van der Waals surface area contributed by atoms with E-state index in [4.69, 9.17) is 9.47 Å². The highest BCUT2D eigenvalue weighted by atomic mass is 16.5. The molecule has 2 aromatic carbocycles. The minimum Gasteiger partial charge on any atom is -0.496 e. The molecular weight excluding hydrogens is 376 g/mol. The number of aryl methyl sites for hydroxylation is 2. The Bertz CT molecular complexity index is 1030. The van der Waals surface area contributed by atoms with Gasteiger partial charge in [-0.3, -0.25) is 9.78 Å². The molecule has 156 valence electrons. The zero-order valence-electron chi connectivity index (χ0n) is 17.6. The van der Waals surface area contributed by atoms with Crippen LogP contribution in [0.1, 0.15) is 23.1 Å². The molecule has 0 bridgehead atoms. The molecule has 1 N–H and O–H groups in total. The monoisotopic (exact) mass is 404 g/mol. The van der Waals surface area contributed by atoms with E-state index in [9.17, 15) is 4.79 Å². The van der Waals surface area contributed by atoms with Gasteiger partial charge in [-0.15, -0.1) is 0 Å². The van der Waals surface area contributed by atoms with Crippen molar-refractivity contribution < 1.29 is 14.3 Å². The summed E-state index contributed by atoms with van der Waals surface area (Å²) in [5.74, 6) is 1.19. The Morgan fingerprint density at radius 3 is 2.93 bits per heavy atom. The van der Waals surface area contributed by atoms with Gasteiger partial charge in [0.1, 0.15) is 5.75 Å². The standard InChI is InChI=1S/C25H28N2O3/c1-17-7-8-18(13-24(17)29-2)9-10-25(28)27-23-16-30-15-20(23)14-19-11-12-26-22-6-4-3-5-21(19)22/h3-8,11-13,20,23H,9-10,14-16H2,1-2H3,(H,27,28). The Morgan fingerprint density at radius 2 is 2.07 bits per heavy atom. The van der Waals surface area contributed by atoms with Gasteiger partial charge in [0.15, 0.2) is 0 Å². The van der Waals surface area contributed by atoms with Crippen LogP contribution in [0.5, 0.6) is 5.75 Å². The van der Waals surface area contributed by atoms with Gasteiger partial charge in [0, 0.05) is 23.9 Å². The lowest BCUT2D eigenvalue weighted by molar-refractivity contribution is -0.122. The number of ether oxygens (including phenoxy) is 2. The number of carbonyl (C=O) groups excluding carboxylic acids is 1. The van der Waals surface area contributed by atoms with E-state index in [0.717, 1.165) is 28.8 Å². The van der Waals surface area contributed by atoms with Gasteiger partial charge in [-0.25, -0.2) is 0 Å². The van der Waals surface area contributed by atoms with E-state index in [1.54, 1.807) is 7.11 Å². The number of benzene rings is 2. The van der Waals surface area contributed by atoms with Crippen LogP contribution in [0.4, 0.5) is 0 Å². The van der Waals surface area contributed by atoms with Crippen molar-refractivity contribution in [3.8, 4) is 5.75 Å². The second-order valence-electron chi connectivity index (χ2n) is 7.97. The van der Waals surface area contributed by atoms with Crippen LogP contribution in [0, 0.1) is 12.8 Å². The van der Waals surface area contributed by atoms with Crippen molar-refractivity contribution in [2.75, 3.05) is 20.3 Å². The van der Waals surface area contributed by atoms with Gasteiger partial charge < -0.3 is 14.8 Å². The topological polar surface area (TPSA) is 60.5 Å². The molecule has 1 amide bonds. The molecule has 0 saturated carbocycles. The van der Waals surface area contributed by atoms with Crippen molar-refractivity contribution in [1.82, 2.24) is 10.3 Å². The van der Waals surface area contributed by atoms with Crippen LogP contribution < -0.4 is 10.1 Å². The van der Waals surface area contributed by atoms with Crippen molar-refractivity contribution in [1.29, 1.82) is 0 Å². The first-order valence-electron chi connectivity index (χ1n) is 10.5. The molecular formula is C25H28N2O3. The van der Waals surface area contributed by atoms with E-state index in [0.29, 0.717) is 26.1 Å². The third kappa shape index (κ3) is 4.62. The second kappa shape index (κ2) is 9.26. The second-order valence-corrected chi connectivity index (χ2v) is 7.97. The third-order valence-corrected chi connectivity index (χ3v) is 5.88. The number of para-hydroxylation sites is 1. The number of hydrogen-bond donors (Lipinski definition) is 1. The Hall–Kier alpha value is -2.92. The molecule has 0 spiro atoms. The van der Waals surface area contributed by atoms with Crippen molar-refractivity contribution >= 4 is 16.8 Å². The van der Waals surface area contributed by atoms with Gasteiger partial charge in [0.05, 0.1) is 31.9 Å². The Morgan fingerprint density at radius 1 is 1.20 bits per heavy atom. The maximum atomic E-state index is 12.6. The number of rotatable bonds is 7. The number of amides is 1. The van der Waals surface area contributed by atoms with Crippen LogP contribution >= 0.6 is 0 Å². The zero-order valence-corrected chi connectivity index (χ0v) is 17.6. The van der Waals surface area contributed by atoms with Crippen molar-refractivity contribution in [2.45, 2.75) is 32.2 Å². The zero-order chi connectivity index (χ0) is 20.9. The number of pyridine rings is 1. The predicted octanol–water partition coefficient (Wildman–Crippen LogP) is 3.86. The normalized spacial score (nSPS) is 18.5. The molecule has 3 aromatic rings. The lowest BCUT2D eigenvalue weighted by Crippen LogP contribution is -2.40. The summed E-state index contributed by atoms with van der Waals surface area (Å²) in [4.78, 5) is 17.0. The number of methoxy groups -OCH3 is 1. The Balaban J connectivity index is 1.36. The van der Waals surface area contributed by atoms with Crippen LogP contribution in [-0.4, -0.2) is 37.3 Å². The van der Waals surface area contributed by atoms with Gasteiger partial charge in [-0.2, -0.15) is 0 Å². The van der Waals surface area contributed by atoms with Crippen LogP contribution in [0.15, 0.2) is 54.7 Å². The van der Waals surface area contributed by atoms with Gasteiger partial charge in [-0.05, 0) is 54.7 Å². The molecule has 1 saturated heterocycles. The molecule has 1 fully saturated rings. The number of nitrogens with zero attached hydrogens (tertiary/aromatic N) is 1. The molecule has 0 radical (unpaired) electrons. The van der Waals surface area contributed by atoms with Crippen LogP contribution in [-0.2, 0) is 22.4 Å². The summed E-state index contributed by atoms with van der Waals surface area (Å²) in [6.45, 7) is 3.25. The minimum atomic E-state index is 0.0389. The van der Waals surface area contributed by atoms with E-state index in [1.807, 2.05) is 43.5 Å². The van der Waals surface area contributed by atoms with Gasteiger partial charge >= 0.3 is 0 Å². The lowest BCUT2D eigenvalue weighted by atomic mass is 9.93. The number of fused-ring (bicyclic) bond motifs is 1. The van der Waals surface area contributed by atoms with Crippen molar-refractivity contribution in [3.05, 3.63) is 71.4 Å². The first-order valence-corrected chi connectivity index (χ1v) is 10.5. The number of nitrogens with one attached hydrogen (secondary N) is 1. The summed E-state index contributed by atoms with van der Waals surface area (Å²) in [5, 5.41) is 4.37. The quantitative estimate of drug-likeness (QED) is 0.650. The fourth-order valence-corrected chi connectivity index (χ4v) is 4.13. The molecule has 0 aliphatic carbocycles. The third-order valence-electron chi connectivity index (χ3n) is 5.88. The van der Waals surface area contributed by atoms with Crippen LogP contribution in [0.2, 0.25) is 0 Å². The van der Waals surface area contributed by atoms with E-state index in [1.165, 1.54) is 10.9 Å². The molecule has 1 aliphatic heterocycles. The minimum absolute atomic E-state index is 0.0389. The largest absolute Gasteiger partial charge is 0.496 e. The molecule has 1 aliphatic rings. The molecule has 30 heavy (non-hydrogen) atoms. The first-order chi connectivity index (χ1) is 14.6. The van der Waals surface area contributed by atoms with Crippen molar-refractivity contribution in [3.63, 3.8) is 0 Å². The van der Waals surface area contributed by atoms with Gasteiger partial charge in [-0.1, -0.05) is 30.3 Å². The number of aromatic nitrogens is 1. The van der Waals surface area contributed by atoms with Gasteiger partial charge in [0.2, 0.25) is 5.91 Å². The summed E-state index contributed by atoms with van der Waals surface area (Å²) >= 11 is 0.